The lowest BCUT2D eigenvalue weighted by Gasteiger charge is -2.34. The molecule has 2 aliphatic rings. The summed E-state index contributed by atoms with van der Waals surface area (Å²) in [4.78, 5) is 16.5. The first kappa shape index (κ1) is 13.9. The molecular weight excluding hydrogens is 224 g/mol. The molecule has 0 aromatic rings. The SMILES string of the molecule is CCCCN(C)CC1CCN(C(=O)C2CC2)CC1. The summed E-state index contributed by atoms with van der Waals surface area (Å²) in [5.41, 5.74) is 0. The van der Waals surface area contributed by atoms with Gasteiger partial charge in [0.15, 0.2) is 0 Å². The first-order valence-electron chi connectivity index (χ1n) is 7.68. The molecule has 0 bridgehead atoms. The second-order valence-electron chi connectivity index (χ2n) is 6.16. The van der Waals surface area contributed by atoms with Gasteiger partial charge in [0.2, 0.25) is 5.91 Å². The highest BCUT2D eigenvalue weighted by molar-refractivity contribution is 5.81. The van der Waals surface area contributed by atoms with Gasteiger partial charge in [-0.05, 0) is 51.6 Å². The van der Waals surface area contributed by atoms with Gasteiger partial charge < -0.3 is 9.80 Å². The monoisotopic (exact) mass is 252 g/mol. The molecule has 0 aromatic heterocycles. The molecule has 0 aromatic carbocycles. The molecule has 18 heavy (non-hydrogen) atoms. The minimum absolute atomic E-state index is 0.397. The van der Waals surface area contributed by atoms with Crippen LogP contribution in [0.4, 0.5) is 0 Å². The van der Waals surface area contributed by atoms with Crippen LogP contribution in [0.3, 0.4) is 0 Å². The van der Waals surface area contributed by atoms with Gasteiger partial charge in [0.1, 0.15) is 0 Å². The molecule has 1 aliphatic carbocycles. The Morgan fingerprint density at radius 1 is 1.22 bits per heavy atom. The van der Waals surface area contributed by atoms with Crippen LogP contribution in [0.2, 0.25) is 0 Å². The van der Waals surface area contributed by atoms with Gasteiger partial charge >= 0.3 is 0 Å². The van der Waals surface area contributed by atoms with Gasteiger partial charge in [-0.3, -0.25) is 4.79 Å². The molecular formula is C15H28N2O. The fraction of sp³-hybridized carbons (Fsp3) is 0.933. The molecule has 0 N–H and O–H groups in total. The molecule has 3 heteroatoms. The Morgan fingerprint density at radius 2 is 1.89 bits per heavy atom. The number of amides is 1. The Hall–Kier alpha value is -0.570. The van der Waals surface area contributed by atoms with E-state index in [1.165, 1.54) is 38.8 Å². The van der Waals surface area contributed by atoms with E-state index in [1.807, 2.05) is 0 Å². The zero-order valence-corrected chi connectivity index (χ0v) is 12.0. The Bertz CT molecular complexity index is 268. The van der Waals surface area contributed by atoms with Crippen molar-refractivity contribution in [3.63, 3.8) is 0 Å². The fourth-order valence-electron chi connectivity index (χ4n) is 2.88. The van der Waals surface area contributed by atoms with Crippen molar-refractivity contribution in [2.75, 3.05) is 33.2 Å². The smallest absolute Gasteiger partial charge is 0.225 e. The summed E-state index contributed by atoms with van der Waals surface area (Å²) >= 11 is 0. The zero-order chi connectivity index (χ0) is 13.0. The maximum Gasteiger partial charge on any atom is 0.225 e. The summed E-state index contributed by atoms with van der Waals surface area (Å²) in [7, 11) is 2.23. The van der Waals surface area contributed by atoms with Crippen molar-refractivity contribution >= 4 is 5.91 Å². The zero-order valence-electron chi connectivity index (χ0n) is 12.0. The number of carbonyl (C=O) groups excluding carboxylic acids is 1. The Morgan fingerprint density at radius 3 is 2.44 bits per heavy atom. The van der Waals surface area contributed by atoms with Crippen LogP contribution >= 0.6 is 0 Å². The molecule has 0 spiro atoms. The van der Waals surface area contributed by atoms with Crippen LogP contribution in [0.25, 0.3) is 0 Å². The van der Waals surface area contributed by atoms with Gasteiger partial charge in [0, 0.05) is 25.6 Å². The summed E-state index contributed by atoms with van der Waals surface area (Å²) in [5.74, 6) is 1.64. The summed E-state index contributed by atoms with van der Waals surface area (Å²) in [6.07, 6.45) is 7.26. The van der Waals surface area contributed by atoms with Gasteiger partial charge in [0.25, 0.3) is 0 Å². The van der Waals surface area contributed by atoms with Crippen molar-refractivity contribution < 1.29 is 4.79 Å². The molecule has 0 atom stereocenters. The van der Waals surface area contributed by atoms with E-state index >= 15 is 0 Å². The minimum atomic E-state index is 0.397. The maximum absolute atomic E-state index is 11.9. The molecule has 1 aliphatic heterocycles. The Labute approximate surface area is 112 Å². The third kappa shape index (κ3) is 3.98. The minimum Gasteiger partial charge on any atom is -0.342 e. The van der Waals surface area contributed by atoms with Gasteiger partial charge in [-0.25, -0.2) is 0 Å². The lowest BCUT2D eigenvalue weighted by atomic mass is 9.96. The largest absolute Gasteiger partial charge is 0.342 e. The van der Waals surface area contributed by atoms with Crippen molar-refractivity contribution in [3.8, 4) is 0 Å². The summed E-state index contributed by atoms with van der Waals surface area (Å²) in [6.45, 7) is 6.68. The van der Waals surface area contributed by atoms with Crippen LogP contribution in [0.1, 0.15) is 45.4 Å². The van der Waals surface area contributed by atoms with E-state index in [9.17, 15) is 4.79 Å². The molecule has 1 saturated carbocycles. The van der Waals surface area contributed by atoms with Crippen LogP contribution in [-0.2, 0) is 4.79 Å². The molecule has 1 amide bonds. The van der Waals surface area contributed by atoms with Crippen molar-refractivity contribution in [1.82, 2.24) is 9.80 Å². The predicted molar refractivity (Wildman–Crippen MR) is 74.4 cm³/mol. The number of piperidine rings is 1. The number of nitrogens with zero attached hydrogens (tertiary/aromatic N) is 2. The molecule has 104 valence electrons. The summed E-state index contributed by atoms with van der Waals surface area (Å²) in [5, 5.41) is 0. The highest BCUT2D eigenvalue weighted by Crippen LogP contribution is 2.32. The first-order valence-corrected chi connectivity index (χ1v) is 7.68. The van der Waals surface area contributed by atoms with E-state index in [-0.39, 0.29) is 0 Å². The normalized spacial score (nSPS) is 21.6. The van der Waals surface area contributed by atoms with Gasteiger partial charge in [-0.15, -0.1) is 0 Å². The van der Waals surface area contributed by atoms with E-state index in [0.29, 0.717) is 11.8 Å². The van der Waals surface area contributed by atoms with E-state index in [4.69, 9.17) is 0 Å². The van der Waals surface area contributed by atoms with E-state index in [2.05, 4.69) is 23.8 Å². The van der Waals surface area contributed by atoms with E-state index in [0.717, 1.165) is 31.8 Å². The average Bonchev–Trinajstić information content (AvgIpc) is 3.21. The number of hydrogen-bond donors (Lipinski definition) is 0. The molecule has 1 heterocycles. The van der Waals surface area contributed by atoms with Crippen LogP contribution < -0.4 is 0 Å². The second-order valence-corrected chi connectivity index (χ2v) is 6.16. The summed E-state index contributed by atoms with van der Waals surface area (Å²) < 4.78 is 0. The third-order valence-corrected chi connectivity index (χ3v) is 4.32. The Balaban J connectivity index is 1.64. The predicted octanol–water partition coefficient (Wildman–Crippen LogP) is 2.37. The van der Waals surface area contributed by atoms with Crippen LogP contribution in [0, 0.1) is 11.8 Å². The van der Waals surface area contributed by atoms with Gasteiger partial charge in [-0.2, -0.15) is 0 Å². The summed E-state index contributed by atoms with van der Waals surface area (Å²) in [6, 6.07) is 0. The van der Waals surface area contributed by atoms with Crippen molar-refractivity contribution in [2.45, 2.75) is 45.4 Å². The van der Waals surface area contributed by atoms with E-state index < -0.39 is 0 Å². The number of unbranched alkanes of at least 4 members (excludes halogenated alkanes) is 1. The average molecular weight is 252 g/mol. The highest BCUT2D eigenvalue weighted by Gasteiger charge is 2.34. The Kier molecular flexibility index (Phi) is 5.04. The maximum atomic E-state index is 11.9. The quantitative estimate of drug-likeness (QED) is 0.724. The second kappa shape index (κ2) is 6.55. The first-order chi connectivity index (χ1) is 8.70. The standard InChI is InChI=1S/C15H28N2O/c1-3-4-9-16(2)12-13-7-10-17(11-8-13)15(18)14-5-6-14/h13-14H,3-12H2,1-2H3. The van der Waals surface area contributed by atoms with Crippen molar-refractivity contribution in [2.24, 2.45) is 11.8 Å². The molecule has 0 radical (unpaired) electrons. The molecule has 2 rings (SSSR count). The van der Waals surface area contributed by atoms with Crippen LogP contribution in [0.15, 0.2) is 0 Å². The molecule has 1 saturated heterocycles. The third-order valence-electron chi connectivity index (χ3n) is 4.32. The molecule has 3 nitrogen and oxygen atoms in total. The highest BCUT2D eigenvalue weighted by atomic mass is 16.2. The number of hydrogen-bond acceptors (Lipinski definition) is 2. The number of carbonyl (C=O) groups is 1. The van der Waals surface area contributed by atoms with Crippen LogP contribution in [0.5, 0.6) is 0 Å². The number of rotatable bonds is 6. The van der Waals surface area contributed by atoms with Crippen molar-refractivity contribution in [3.05, 3.63) is 0 Å². The van der Waals surface area contributed by atoms with Gasteiger partial charge in [0.05, 0.1) is 0 Å². The fourth-order valence-corrected chi connectivity index (χ4v) is 2.88. The molecule has 0 unspecified atom stereocenters. The topological polar surface area (TPSA) is 23.6 Å². The van der Waals surface area contributed by atoms with E-state index in [1.54, 1.807) is 0 Å². The molecule has 2 fully saturated rings. The van der Waals surface area contributed by atoms with Gasteiger partial charge in [-0.1, -0.05) is 13.3 Å². The van der Waals surface area contributed by atoms with Crippen molar-refractivity contribution in [1.29, 1.82) is 0 Å². The van der Waals surface area contributed by atoms with Crippen LogP contribution in [-0.4, -0.2) is 48.9 Å². The number of likely N-dealkylation sites (tertiary alicyclic amines) is 1. The lowest BCUT2D eigenvalue weighted by Crippen LogP contribution is -2.41. The lowest BCUT2D eigenvalue weighted by molar-refractivity contribution is -0.134.